The van der Waals surface area contributed by atoms with Crippen molar-refractivity contribution in [3.05, 3.63) is 33.4 Å². The highest BCUT2D eigenvalue weighted by Gasteiger charge is 2.25. The molecule has 1 amide bonds. The molecule has 1 fully saturated rings. The van der Waals surface area contributed by atoms with Gasteiger partial charge in [0.1, 0.15) is 0 Å². The monoisotopic (exact) mass is 377 g/mol. The number of benzene rings is 1. The van der Waals surface area contributed by atoms with Crippen LogP contribution in [-0.4, -0.2) is 29.3 Å². The van der Waals surface area contributed by atoms with Crippen molar-refractivity contribution < 1.29 is 4.79 Å². The number of nitrogens with zero attached hydrogens (tertiary/aromatic N) is 1. The Kier molecular flexibility index (Phi) is 5.30. The first kappa shape index (κ1) is 14.1. The van der Waals surface area contributed by atoms with Gasteiger partial charge in [-0.2, -0.15) is 0 Å². The summed E-state index contributed by atoms with van der Waals surface area (Å²) in [5, 5.41) is 0. The second-order valence-corrected chi connectivity index (χ2v) is 6.22. The highest BCUT2D eigenvalue weighted by atomic mass is 127. The molecule has 0 N–H and O–H groups in total. The maximum atomic E-state index is 12.5. The Morgan fingerprint density at radius 3 is 2.67 bits per heavy atom. The van der Waals surface area contributed by atoms with Crippen LogP contribution in [0, 0.1) is 3.57 Å². The first-order valence-electron chi connectivity index (χ1n) is 6.35. The van der Waals surface area contributed by atoms with Crippen LogP contribution in [0.4, 0.5) is 0 Å². The molecule has 0 aromatic heterocycles. The van der Waals surface area contributed by atoms with E-state index in [0.717, 1.165) is 28.5 Å². The van der Waals surface area contributed by atoms with E-state index in [1.54, 1.807) is 0 Å². The highest BCUT2D eigenvalue weighted by molar-refractivity contribution is 14.1. The maximum absolute atomic E-state index is 12.5. The molecule has 2 rings (SSSR count). The van der Waals surface area contributed by atoms with Crippen molar-refractivity contribution in [2.24, 2.45) is 0 Å². The van der Waals surface area contributed by atoms with E-state index in [2.05, 4.69) is 22.6 Å². The summed E-state index contributed by atoms with van der Waals surface area (Å²) < 4.78 is 1.15. The number of carbonyl (C=O) groups is 1. The standard InChI is InChI=1S/C14H17ClINO/c15-10-13-4-2-1-3-9-17(13)14(18)11-5-7-12(16)8-6-11/h5-8,13H,1-4,9-10H2. The third kappa shape index (κ3) is 3.38. The molecule has 18 heavy (non-hydrogen) atoms. The Balaban J connectivity index is 2.17. The van der Waals surface area contributed by atoms with Crippen molar-refractivity contribution in [3.8, 4) is 0 Å². The molecule has 1 atom stereocenters. The first-order valence-corrected chi connectivity index (χ1v) is 7.96. The third-order valence-electron chi connectivity index (χ3n) is 3.41. The first-order chi connectivity index (χ1) is 8.72. The molecule has 1 aliphatic rings. The maximum Gasteiger partial charge on any atom is 0.254 e. The molecular formula is C14H17ClINO. The fraction of sp³-hybridized carbons (Fsp3) is 0.500. The van der Waals surface area contributed by atoms with Crippen molar-refractivity contribution in [3.63, 3.8) is 0 Å². The number of rotatable bonds is 2. The summed E-state index contributed by atoms with van der Waals surface area (Å²) >= 11 is 8.26. The lowest BCUT2D eigenvalue weighted by atomic mass is 10.1. The van der Waals surface area contributed by atoms with E-state index in [0.29, 0.717) is 5.88 Å². The topological polar surface area (TPSA) is 20.3 Å². The average Bonchev–Trinajstić information content (AvgIpc) is 2.63. The zero-order chi connectivity index (χ0) is 13.0. The summed E-state index contributed by atoms with van der Waals surface area (Å²) in [6.07, 6.45) is 4.49. The Morgan fingerprint density at radius 1 is 1.28 bits per heavy atom. The highest BCUT2D eigenvalue weighted by Crippen LogP contribution is 2.20. The van der Waals surface area contributed by atoms with Gasteiger partial charge >= 0.3 is 0 Å². The van der Waals surface area contributed by atoms with Gasteiger partial charge in [0.25, 0.3) is 5.91 Å². The lowest BCUT2D eigenvalue weighted by molar-refractivity contribution is 0.0700. The summed E-state index contributed by atoms with van der Waals surface area (Å²) in [6, 6.07) is 7.95. The smallest absolute Gasteiger partial charge is 0.254 e. The Labute approximate surface area is 127 Å². The van der Waals surface area contributed by atoms with Gasteiger partial charge in [-0.1, -0.05) is 12.8 Å². The molecule has 1 unspecified atom stereocenters. The molecule has 0 saturated carbocycles. The molecule has 98 valence electrons. The van der Waals surface area contributed by atoms with Gasteiger partial charge < -0.3 is 4.90 Å². The number of likely N-dealkylation sites (tertiary alicyclic amines) is 1. The molecule has 4 heteroatoms. The van der Waals surface area contributed by atoms with Crippen molar-refractivity contribution in [2.75, 3.05) is 12.4 Å². The van der Waals surface area contributed by atoms with Crippen LogP contribution in [0.2, 0.25) is 0 Å². The predicted octanol–water partition coefficient (Wildman–Crippen LogP) is 3.91. The number of carbonyl (C=O) groups excluding carboxylic acids is 1. The van der Waals surface area contributed by atoms with Crippen LogP contribution in [0.15, 0.2) is 24.3 Å². The minimum atomic E-state index is 0.124. The minimum Gasteiger partial charge on any atom is -0.334 e. The fourth-order valence-electron chi connectivity index (χ4n) is 2.36. The Hall–Kier alpha value is -0.290. The number of hydrogen-bond acceptors (Lipinski definition) is 1. The molecule has 2 nitrogen and oxygen atoms in total. The molecule has 1 aromatic carbocycles. The summed E-state index contributed by atoms with van der Waals surface area (Å²) in [5.74, 6) is 0.662. The lowest BCUT2D eigenvalue weighted by Gasteiger charge is -2.28. The van der Waals surface area contributed by atoms with Crippen LogP contribution in [-0.2, 0) is 0 Å². The normalized spacial score (nSPS) is 20.6. The van der Waals surface area contributed by atoms with Crippen LogP contribution in [0.1, 0.15) is 36.0 Å². The molecule has 1 heterocycles. The second-order valence-electron chi connectivity index (χ2n) is 4.66. The second kappa shape index (κ2) is 6.75. The summed E-state index contributed by atoms with van der Waals surface area (Å²) in [6.45, 7) is 0.836. The van der Waals surface area contributed by atoms with E-state index in [9.17, 15) is 4.79 Å². The molecule has 0 radical (unpaired) electrons. The fourth-order valence-corrected chi connectivity index (χ4v) is 3.04. The molecular weight excluding hydrogens is 361 g/mol. The largest absolute Gasteiger partial charge is 0.334 e. The number of halogens is 2. The van der Waals surface area contributed by atoms with E-state index in [1.165, 1.54) is 12.8 Å². The molecule has 1 saturated heterocycles. The van der Waals surface area contributed by atoms with E-state index in [-0.39, 0.29) is 11.9 Å². The van der Waals surface area contributed by atoms with Gasteiger partial charge in [-0.3, -0.25) is 4.79 Å². The van der Waals surface area contributed by atoms with Gasteiger partial charge in [0.2, 0.25) is 0 Å². The summed E-state index contributed by atoms with van der Waals surface area (Å²) in [7, 11) is 0. The van der Waals surface area contributed by atoms with Crippen LogP contribution >= 0.6 is 34.2 Å². The molecule has 0 bridgehead atoms. The van der Waals surface area contributed by atoms with Gasteiger partial charge in [-0.05, 0) is 59.7 Å². The van der Waals surface area contributed by atoms with Crippen LogP contribution in [0.25, 0.3) is 0 Å². The Morgan fingerprint density at radius 2 is 2.00 bits per heavy atom. The van der Waals surface area contributed by atoms with Gasteiger partial charge in [0, 0.05) is 27.6 Å². The van der Waals surface area contributed by atoms with Gasteiger partial charge in [-0.25, -0.2) is 0 Å². The SMILES string of the molecule is O=C(c1ccc(I)cc1)N1CCCCCC1CCl. The quantitative estimate of drug-likeness (QED) is 0.565. The van der Waals surface area contributed by atoms with Gasteiger partial charge in [0.05, 0.1) is 0 Å². The zero-order valence-electron chi connectivity index (χ0n) is 10.2. The van der Waals surface area contributed by atoms with E-state index < -0.39 is 0 Å². The average molecular weight is 378 g/mol. The predicted molar refractivity (Wildman–Crippen MR) is 83.2 cm³/mol. The number of hydrogen-bond donors (Lipinski definition) is 0. The molecule has 1 aromatic rings. The third-order valence-corrected chi connectivity index (χ3v) is 4.48. The van der Waals surface area contributed by atoms with Gasteiger partial charge in [0.15, 0.2) is 0 Å². The van der Waals surface area contributed by atoms with Crippen LogP contribution in [0.3, 0.4) is 0 Å². The minimum absolute atomic E-state index is 0.124. The number of alkyl halides is 1. The summed E-state index contributed by atoms with van der Waals surface area (Å²) in [5.41, 5.74) is 0.771. The van der Waals surface area contributed by atoms with Gasteiger partial charge in [-0.15, -0.1) is 11.6 Å². The molecule has 0 spiro atoms. The number of amides is 1. The zero-order valence-corrected chi connectivity index (χ0v) is 13.2. The van der Waals surface area contributed by atoms with Crippen molar-refractivity contribution in [1.29, 1.82) is 0 Å². The van der Waals surface area contributed by atoms with Crippen LogP contribution < -0.4 is 0 Å². The Bertz CT molecular complexity index is 407. The van der Waals surface area contributed by atoms with E-state index in [1.807, 2.05) is 29.2 Å². The summed E-state index contributed by atoms with van der Waals surface area (Å²) in [4.78, 5) is 14.5. The van der Waals surface area contributed by atoms with Crippen molar-refractivity contribution in [2.45, 2.75) is 31.7 Å². The lowest BCUT2D eigenvalue weighted by Crippen LogP contribution is -2.41. The molecule has 0 aliphatic carbocycles. The van der Waals surface area contributed by atoms with E-state index >= 15 is 0 Å². The van der Waals surface area contributed by atoms with Crippen molar-refractivity contribution >= 4 is 40.1 Å². The van der Waals surface area contributed by atoms with Crippen molar-refractivity contribution in [1.82, 2.24) is 4.90 Å². The van der Waals surface area contributed by atoms with Crippen LogP contribution in [0.5, 0.6) is 0 Å². The molecule has 1 aliphatic heterocycles. The van der Waals surface area contributed by atoms with E-state index in [4.69, 9.17) is 11.6 Å².